The molecule has 2 N–H and O–H groups in total. The van der Waals surface area contributed by atoms with E-state index in [4.69, 9.17) is 0 Å². The third kappa shape index (κ3) is 3.07. The minimum Gasteiger partial charge on any atom is -0.508 e. The second kappa shape index (κ2) is 5.82. The van der Waals surface area contributed by atoms with E-state index in [9.17, 15) is 5.11 Å². The van der Waals surface area contributed by atoms with Crippen molar-refractivity contribution in [2.75, 3.05) is 5.43 Å². The van der Waals surface area contributed by atoms with Crippen LogP contribution >= 0.6 is 0 Å². The molecule has 1 aromatic carbocycles. The molecular weight excluding hydrogens is 226 g/mol. The average molecular weight is 241 g/mol. The van der Waals surface area contributed by atoms with Crippen LogP contribution in [0.3, 0.4) is 0 Å². The zero-order valence-corrected chi connectivity index (χ0v) is 10.2. The van der Waals surface area contributed by atoms with Gasteiger partial charge in [0.05, 0.1) is 5.71 Å². The summed E-state index contributed by atoms with van der Waals surface area (Å²) in [6.45, 7) is 2.03. The van der Waals surface area contributed by atoms with Gasteiger partial charge in [-0.2, -0.15) is 5.10 Å². The van der Waals surface area contributed by atoms with Crippen LogP contribution in [0.15, 0.2) is 53.8 Å². The number of phenols is 1. The van der Waals surface area contributed by atoms with Crippen LogP contribution in [-0.4, -0.2) is 15.8 Å². The van der Waals surface area contributed by atoms with E-state index in [0.29, 0.717) is 5.82 Å². The number of hydrazone groups is 1. The zero-order chi connectivity index (χ0) is 12.8. The summed E-state index contributed by atoms with van der Waals surface area (Å²) in [5.41, 5.74) is 4.83. The summed E-state index contributed by atoms with van der Waals surface area (Å²) in [5.74, 6) is 0.967. The molecule has 0 aliphatic rings. The largest absolute Gasteiger partial charge is 0.508 e. The van der Waals surface area contributed by atoms with Gasteiger partial charge in [-0.15, -0.1) is 0 Å². The minimum absolute atomic E-state index is 0.256. The molecule has 0 saturated heterocycles. The minimum atomic E-state index is 0.256. The van der Waals surface area contributed by atoms with Crippen molar-refractivity contribution in [3.8, 4) is 5.75 Å². The number of aromatic nitrogens is 1. The Morgan fingerprint density at radius 1 is 1.22 bits per heavy atom. The molecule has 0 atom stereocenters. The summed E-state index contributed by atoms with van der Waals surface area (Å²) in [4.78, 5) is 4.13. The predicted molar refractivity (Wildman–Crippen MR) is 72.8 cm³/mol. The number of hydrogen-bond donors (Lipinski definition) is 2. The fourth-order valence-electron chi connectivity index (χ4n) is 1.56. The smallest absolute Gasteiger partial charge is 0.146 e. The van der Waals surface area contributed by atoms with Crippen LogP contribution in [0, 0.1) is 0 Å². The maximum atomic E-state index is 9.25. The third-order valence-electron chi connectivity index (χ3n) is 2.51. The van der Waals surface area contributed by atoms with Crippen molar-refractivity contribution >= 4 is 11.5 Å². The van der Waals surface area contributed by atoms with Gasteiger partial charge in [-0.1, -0.05) is 13.0 Å². The number of pyridine rings is 1. The maximum absolute atomic E-state index is 9.25. The summed E-state index contributed by atoms with van der Waals surface area (Å²) in [6.07, 6.45) is 2.51. The Labute approximate surface area is 106 Å². The highest BCUT2D eigenvalue weighted by molar-refractivity contribution is 6.00. The first-order valence-corrected chi connectivity index (χ1v) is 5.82. The molecule has 0 unspecified atom stereocenters. The molecule has 0 radical (unpaired) electrons. The first-order valence-electron chi connectivity index (χ1n) is 5.82. The number of aromatic hydroxyl groups is 1. The van der Waals surface area contributed by atoms with Crippen molar-refractivity contribution in [1.29, 1.82) is 0 Å². The SMILES string of the molecule is CC/C(=N\Nc1ccccn1)c1ccc(O)cc1. The van der Waals surface area contributed by atoms with Gasteiger partial charge < -0.3 is 5.11 Å². The average Bonchev–Trinajstić information content (AvgIpc) is 2.42. The molecule has 2 aromatic rings. The Kier molecular flexibility index (Phi) is 3.91. The normalized spacial score (nSPS) is 11.3. The molecule has 0 amide bonds. The standard InChI is InChI=1S/C14H15N3O/c1-2-13(11-6-8-12(18)9-7-11)16-17-14-5-3-4-10-15-14/h3-10,18H,2H2,1H3,(H,15,17)/b16-13+. The fourth-order valence-corrected chi connectivity index (χ4v) is 1.56. The first kappa shape index (κ1) is 12.1. The lowest BCUT2D eigenvalue weighted by Gasteiger charge is -2.05. The summed E-state index contributed by atoms with van der Waals surface area (Å²) in [5, 5.41) is 13.6. The van der Waals surface area contributed by atoms with Crippen LogP contribution in [0.2, 0.25) is 0 Å². The highest BCUT2D eigenvalue weighted by Gasteiger charge is 2.01. The molecule has 92 valence electrons. The van der Waals surface area contributed by atoms with E-state index in [0.717, 1.165) is 17.7 Å². The molecule has 2 rings (SSSR count). The van der Waals surface area contributed by atoms with Crippen molar-refractivity contribution in [3.05, 3.63) is 54.2 Å². The number of nitrogens with one attached hydrogen (secondary N) is 1. The van der Waals surface area contributed by atoms with E-state index in [1.807, 2.05) is 37.3 Å². The number of anilines is 1. The lowest BCUT2D eigenvalue weighted by molar-refractivity contribution is 0.475. The Morgan fingerprint density at radius 2 is 2.00 bits per heavy atom. The number of hydrogen-bond acceptors (Lipinski definition) is 4. The Hall–Kier alpha value is -2.36. The van der Waals surface area contributed by atoms with E-state index in [-0.39, 0.29) is 5.75 Å². The lowest BCUT2D eigenvalue weighted by Crippen LogP contribution is -2.03. The highest BCUT2D eigenvalue weighted by atomic mass is 16.3. The molecular formula is C14H15N3O. The highest BCUT2D eigenvalue weighted by Crippen LogP contribution is 2.12. The second-order valence-electron chi connectivity index (χ2n) is 3.79. The van der Waals surface area contributed by atoms with Gasteiger partial charge in [-0.3, -0.25) is 5.43 Å². The first-order chi connectivity index (χ1) is 8.79. The van der Waals surface area contributed by atoms with Crippen molar-refractivity contribution in [2.24, 2.45) is 5.10 Å². The van der Waals surface area contributed by atoms with Crippen LogP contribution in [0.5, 0.6) is 5.75 Å². The summed E-state index contributed by atoms with van der Waals surface area (Å²) >= 11 is 0. The van der Waals surface area contributed by atoms with Gasteiger partial charge in [0.25, 0.3) is 0 Å². The summed E-state index contributed by atoms with van der Waals surface area (Å²) < 4.78 is 0. The molecule has 0 aliphatic heterocycles. The third-order valence-corrected chi connectivity index (χ3v) is 2.51. The molecule has 4 heteroatoms. The molecule has 1 aromatic heterocycles. The number of phenolic OH excluding ortho intramolecular Hbond substituents is 1. The molecule has 0 bridgehead atoms. The summed E-state index contributed by atoms with van der Waals surface area (Å²) in [6, 6.07) is 12.6. The van der Waals surface area contributed by atoms with Gasteiger partial charge >= 0.3 is 0 Å². The van der Waals surface area contributed by atoms with Crippen molar-refractivity contribution in [1.82, 2.24) is 4.98 Å². The van der Waals surface area contributed by atoms with Crippen LogP contribution in [0.25, 0.3) is 0 Å². The molecule has 4 nitrogen and oxygen atoms in total. The van der Waals surface area contributed by atoms with Crippen LogP contribution in [-0.2, 0) is 0 Å². The number of rotatable bonds is 4. The van der Waals surface area contributed by atoms with Gasteiger partial charge in [0.2, 0.25) is 0 Å². The molecule has 0 spiro atoms. The van der Waals surface area contributed by atoms with Gasteiger partial charge in [0.15, 0.2) is 0 Å². The summed E-state index contributed by atoms with van der Waals surface area (Å²) in [7, 11) is 0. The van der Waals surface area contributed by atoms with E-state index >= 15 is 0 Å². The van der Waals surface area contributed by atoms with Gasteiger partial charge in [-0.25, -0.2) is 4.98 Å². The molecule has 0 saturated carbocycles. The van der Waals surface area contributed by atoms with Gasteiger partial charge in [-0.05, 0) is 48.4 Å². The number of nitrogens with zero attached hydrogens (tertiary/aromatic N) is 2. The molecule has 18 heavy (non-hydrogen) atoms. The zero-order valence-electron chi connectivity index (χ0n) is 10.2. The fraction of sp³-hybridized carbons (Fsp3) is 0.143. The van der Waals surface area contributed by atoms with Crippen LogP contribution in [0.4, 0.5) is 5.82 Å². The Morgan fingerprint density at radius 3 is 2.61 bits per heavy atom. The van der Waals surface area contributed by atoms with E-state index in [1.54, 1.807) is 18.3 Å². The molecule has 0 fully saturated rings. The van der Waals surface area contributed by atoms with E-state index < -0.39 is 0 Å². The molecule has 1 heterocycles. The van der Waals surface area contributed by atoms with Gasteiger partial charge in [0, 0.05) is 6.20 Å². The lowest BCUT2D eigenvalue weighted by atomic mass is 10.1. The van der Waals surface area contributed by atoms with Crippen molar-refractivity contribution in [2.45, 2.75) is 13.3 Å². The topological polar surface area (TPSA) is 57.5 Å². The number of benzene rings is 1. The Bertz CT molecular complexity index is 520. The monoisotopic (exact) mass is 241 g/mol. The Balaban J connectivity index is 2.16. The van der Waals surface area contributed by atoms with Gasteiger partial charge in [0.1, 0.15) is 11.6 Å². The van der Waals surface area contributed by atoms with E-state index in [2.05, 4.69) is 15.5 Å². The van der Waals surface area contributed by atoms with Crippen molar-refractivity contribution < 1.29 is 5.11 Å². The second-order valence-corrected chi connectivity index (χ2v) is 3.79. The molecule has 0 aliphatic carbocycles. The van der Waals surface area contributed by atoms with Crippen molar-refractivity contribution in [3.63, 3.8) is 0 Å². The van der Waals surface area contributed by atoms with Crippen LogP contribution in [0.1, 0.15) is 18.9 Å². The maximum Gasteiger partial charge on any atom is 0.146 e. The quantitative estimate of drug-likeness (QED) is 0.639. The van der Waals surface area contributed by atoms with E-state index in [1.165, 1.54) is 0 Å². The predicted octanol–water partition coefficient (Wildman–Crippen LogP) is 3.01. The van der Waals surface area contributed by atoms with Crippen LogP contribution < -0.4 is 5.43 Å².